The minimum atomic E-state index is -4.32. The molecule has 3 rings (SSSR count). The molecule has 0 fully saturated rings. The van der Waals surface area contributed by atoms with Crippen LogP contribution in [0.1, 0.15) is 11.1 Å². The number of nitro groups is 1. The summed E-state index contributed by atoms with van der Waals surface area (Å²) in [7, 11) is -4.32. The lowest BCUT2D eigenvalue weighted by Crippen LogP contribution is -2.39. The van der Waals surface area contributed by atoms with Crippen LogP contribution >= 0.6 is 0 Å². The van der Waals surface area contributed by atoms with Crippen LogP contribution < -0.4 is 10.0 Å². The maximum atomic E-state index is 12.4. The molecule has 1 amide bonds. The van der Waals surface area contributed by atoms with E-state index in [1.165, 1.54) is 6.07 Å². The molecule has 0 heterocycles. The van der Waals surface area contributed by atoms with Crippen LogP contribution in [-0.2, 0) is 31.0 Å². The van der Waals surface area contributed by atoms with Crippen molar-refractivity contribution in [2.24, 2.45) is 0 Å². The summed E-state index contributed by atoms with van der Waals surface area (Å²) in [4.78, 5) is 33.6. The molecule has 0 aromatic heterocycles. The van der Waals surface area contributed by atoms with Gasteiger partial charge in [-0.3, -0.25) is 19.7 Å². The summed E-state index contributed by atoms with van der Waals surface area (Å²) in [5.41, 5.74) is 0.696. The fourth-order valence-electron chi connectivity index (χ4n) is 3.01. The summed E-state index contributed by atoms with van der Waals surface area (Å²) in [5.74, 6) is -1.50. The fourth-order valence-corrected chi connectivity index (χ4v) is 4.14. The smallest absolute Gasteiger partial charge is 0.325 e. The third-order valence-corrected chi connectivity index (χ3v) is 6.12. The van der Waals surface area contributed by atoms with Gasteiger partial charge >= 0.3 is 5.97 Å². The molecule has 0 saturated carbocycles. The number of ether oxygens (including phenoxy) is 1. The Hall–Kier alpha value is -3.83. The van der Waals surface area contributed by atoms with Gasteiger partial charge in [0.2, 0.25) is 15.9 Å². The largest absolute Gasteiger partial charge is 0.460 e. The molecule has 172 valence electrons. The minimum Gasteiger partial charge on any atom is -0.460 e. The Morgan fingerprint density at radius 1 is 1.00 bits per heavy atom. The number of fused-ring (bicyclic) bond motifs is 1. The molecule has 0 aliphatic rings. The van der Waals surface area contributed by atoms with Gasteiger partial charge in [0, 0.05) is 6.07 Å². The second kappa shape index (κ2) is 10.2. The summed E-state index contributed by atoms with van der Waals surface area (Å²) < 4.78 is 31.9. The molecule has 0 atom stereocenters. The molecular formula is C22H21N3O7S. The third kappa shape index (κ3) is 6.34. The van der Waals surface area contributed by atoms with Crippen molar-refractivity contribution in [2.45, 2.75) is 18.4 Å². The van der Waals surface area contributed by atoms with Crippen molar-refractivity contribution in [2.75, 3.05) is 13.1 Å². The van der Waals surface area contributed by atoms with Crippen molar-refractivity contribution in [3.8, 4) is 0 Å². The zero-order chi connectivity index (χ0) is 24.0. The van der Waals surface area contributed by atoms with Gasteiger partial charge in [-0.25, -0.2) is 13.1 Å². The Bertz CT molecular complexity index is 1320. The second-order valence-corrected chi connectivity index (χ2v) is 8.91. The molecular weight excluding hydrogens is 450 g/mol. The van der Waals surface area contributed by atoms with E-state index in [2.05, 4.69) is 5.32 Å². The van der Waals surface area contributed by atoms with E-state index in [1.54, 1.807) is 6.92 Å². The van der Waals surface area contributed by atoms with Crippen LogP contribution in [0.5, 0.6) is 0 Å². The summed E-state index contributed by atoms with van der Waals surface area (Å²) in [6.07, 6.45) is 0. The zero-order valence-electron chi connectivity index (χ0n) is 17.6. The fraction of sp³-hybridized carbons (Fsp3) is 0.182. The maximum Gasteiger partial charge on any atom is 0.325 e. The van der Waals surface area contributed by atoms with Crippen LogP contribution in [0, 0.1) is 17.0 Å². The van der Waals surface area contributed by atoms with Gasteiger partial charge in [0.1, 0.15) is 13.2 Å². The number of nitrogens with zero attached hydrogens (tertiary/aromatic N) is 1. The normalized spacial score (nSPS) is 11.2. The van der Waals surface area contributed by atoms with Crippen LogP contribution in [0.3, 0.4) is 0 Å². The Balaban J connectivity index is 1.48. The Labute approximate surface area is 189 Å². The molecule has 0 aliphatic carbocycles. The lowest BCUT2D eigenvalue weighted by molar-refractivity contribution is -0.387. The first-order valence-corrected chi connectivity index (χ1v) is 11.3. The van der Waals surface area contributed by atoms with Gasteiger partial charge in [0.05, 0.1) is 11.5 Å². The topological polar surface area (TPSA) is 145 Å². The molecule has 0 aliphatic heterocycles. The Morgan fingerprint density at radius 3 is 2.45 bits per heavy atom. The van der Waals surface area contributed by atoms with Crippen LogP contribution in [0.4, 0.5) is 5.69 Å². The van der Waals surface area contributed by atoms with Crippen molar-refractivity contribution >= 4 is 38.4 Å². The number of esters is 1. The SMILES string of the molecule is Cc1ccc(S(=O)(=O)NCC(=O)NCC(=O)OCc2ccc3ccccc3c2)c([N+](=O)[O-])c1. The number of aryl methyl sites for hydroxylation is 1. The van der Waals surface area contributed by atoms with Crippen molar-refractivity contribution in [1.82, 2.24) is 10.0 Å². The Morgan fingerprint density at radius 2 is 1.73 bits per heavy atom. The third-order valence-electron chi connectivity index (χ3n) is 4.67. The van der Waals surface area contributed by atoms with Crippen LogP contribution in [0.25, 0.3) is 10.8 Å². The summed E-state index contributed by atoms with van der Waals surface area (Å²) in [6, 6.07) is 17.0. The molecule has 3 aromatic carbocycles. The first kappa shape index (κ1) is 23.8. The number of hydrogen-bond acceptors (Lipinski definition) is 7. The number of amides is 1. The van der Waals surface area contributed by atoms with Crippen molar-refractivity contribution in [3.63, 3.8) is 0 Å². The zero-order valence-corrected chi connectivity index (χ0v) is 18.4. The van der Waals surface area contributed by atoms with Gasteiger partial charge in [0.25, 0.3) is 5.69 Å². The van der Waals surface area contributed by atoms with Crippen molar-refractivity contribution in [1.29, 1.82) is 0 Å². The molecule has 33 heavy (non-hydrogen) atoms. The van der Waals surface area contributed by atoms with Crippen molar-refractivity contribution in [3.05, 3.63) is 81.9 Å². The predicted octanol–water partition coefficient (Wildman–Crippen LogP) is 2.19. The number of carbonyl (C=O) groups excluding carboxylic acids is 2. The molecule has 0 bridgehead atoms. The van der Waals surface area contributed by atoms with Gasteiger partial charge in [-0.1, -0.05) is 42.5 Å². The average Bonchev–Trinajstić information content (AvgIpc) is 2.79. The quantitative estimate of drug-likeness (QED) is 0.276. The molecule has 3 aromatic rings. The molecule has 0 spiro atoms. The van der Waals surface area contributed by atoms with Gasteiger partial charge in [-0.15, -0.1) is 0 Å². The van der Waals surface area contributed by atoms with E-state index in [-0.39, 0.29) is 6.61 Å². The first-order chi connectivity index (χ1) is 15.7. The number of carbonyl (C=O) groups is 2. The standard InChI is InChI=1S/C22H21N3O7S/c1-15-6-9-20(19(10-15)25(28)29)33(30,31)24-12-21(26)23-13-22(27)32-14-16-7-8-17-4-2-3-5-18(17)11-16/h2-11,24H,12-14H2,1H3,(H,23,26). The lowest BCUT2D eigenvalue weighted by atomic mass is 10.1. The van der Waals surface area contributed by atoms with E-state index in [4.69, 9.17) is 4.74 Å². The van der Waals surface area contributed by atoms with Gasteiger partial charge in [0.15, 0.2) is 4.90 Å². The van der Waals surface area contributed by atoms with Crippen molar-refractivity contribution < 1.29 is 27.7 Å². The summed E-state index contributed by atoms with van der Waals surface area (Å²) >= 11 is 0. The van der Waals surface area contributed by atoms with E-state index in [0.717, 1.165) is 28.5 Å². The molecule has 11 heteroatoms. The highest BCUT2D eigenvalue weighted by atomic mass is 32.2. The van der Waals surface area contributed by atoms with E-state index in [0.29, 0.717) is 5.56 Å². The second-order valence-electron chi connectivity index (χ2n) is 7.17. The number of nitro benzene ring substituents is 1. The van der Waals surface area contributed by atoms with Crippen LogP contribution in [-0.4, -0.2) is 38.3 Å². The van der Waals surface area contributed by atoms with Gasteiger partial charge in [-0.05, 0) is 41.0 Å². The lowest BCUT2D eigenvalue weighted by Gasteiger charge is -2.09. The maximum absolute atomic E-state index is 12.4. The Kier molecular flexibility index (Phi) is 7.36. The monoisotopic (exact) mass is 471 g/mol. The molecule has 10 nitrogen and oxygen atoms in total. The number of sulfonamides is 1. The number of hydrogen-bond donors (Lipinski definition) is 2. The van der Waals surface area contributed by atoms with E-state index >= 15 is 0 Å². The van der Waals surface area contributed by atoms with Gasteiger partial charge < -0.3 is 10.1 Å². The summed E-state index contributed by atoms with van der Waals surface area (Å²) in [6.45, 7) is 0.441. The number of nitrogens with one attached hydrogen (secondary N) is 2. The van der Waals surface area contributed by atoms with Gasteiger partial charge in [-0.2, -0.15) is 0 Å². The highest BCUT2D eigenvalue weighted by Crippen LogP contribution is 2.24. The molecule has 0 radical (unpaired) electrons. The van der Waals surface area contributed by atoms with Crippen LogP contribution in [0.2, 0.25) is 0 Å². The average molecular weight is 471 g/mol. The molecule has 2 N–H and O–H groups in total. The highest BCUT2D eigenvalue weighted by molar-refractivity contribution is 7.89. The van der Waals surface area contributed by atoms with E-state index < -0.39 is 50.5 Å². The summed E-state index contributed by atoms with van der Waals surface area (Å²) in [5, 5.41) is 15.4. The predicted molar refractivity (Wildman–Crippen MR) is 120 cm³/mol. The number of benzene rings is 3. The minimum absolute atomic E-state index is 0.0171. The van der Waals surface area contributed by atoms with E-state index in [9.17, 15) is 28.1 Å². The van der Waals surface area contributed by atoms with Crippen LogP contribution in [0.15, 0.2) is 65.6 Å². The highest BCUT2D eigenvalue weighted by Gasteiger charge is 2.26. The number of rotatable bonds is 9. The first-order valence-electron chi connectivity index (χ1n) is 9.80. The molecule has 0 unspecified atom stereocenters. The molecule has 0 saturated heterocycles. The van der Waals surface area contributed by atoms with E-state index in [1.807, 2.05) is 47.2 Å².